The van der Waals surface area contributed by atoms with E-state index < -0.39 is 11.1 Å². The van der Waals surface area contributed by atoms with E-state index in [9.17, 15) is 13.2 Å². The quantitative estimate of drug-likeness (QED) is 0.881. The minimum Gasteiger partial charge on any atom is -0.357 e. The second-order valence-corrected chi connectivity index (χ2v) is 6.05. The summed E-state index contributed by atoms with van der Waals surface area (Å²) in [5, 5.41) is 5.06. The van der Waals surface area contributed by atoms with Crippen molar-refractivity contribution in [3.63, 3.8) is 0 Å². The van der Waals surface area contributed by atoms with Gasteiger partial charge in [0.1, 0.15) is 4.88 Å². The SMILES string of the molecule is FC(F)(F)c1cnc(NCc2cc(Br)cs2)s1. The molecule has 92 valence electrons. The lowest BCUT2D eigenvalue weighted by Gasteiger charge is -2.00. The molecule has 2 aromatic heterocycles. The van der Waals surface area contributed by atoms with Gasteiger partial charge in [0, 0.05) is 14.7 Å². The molecule has 0 saturated carbocycles. The highest BCUT2D eigenvalue weighted by Gasteiger charge is 2.33. The summed E-state index contributed by atoms with van der Waals surface area (Å²) in [5.74, 6) is 0. The molecule has 2 aromatic rings. The molecule has 0 aliphatic heterocycles. The molecule has 0 amide bonds. The molecule has 17 heavy (non-hydrogen) atoms. The summed E-state index contributed by atoms with van der Waals surface area (Å²) in [5.41, 5.74) is 0. The van der Waals surface area contributed by atoms with Gasteiger partial charge in [0.2, 0.25) is 0 Å². The second kappa shape index (κ2) is 4.95. The summed E-state index contributed by atoms with van der Waals surface area (Å²) in [7, 11) is 0. The number of hydrogen-bond donors (Lipinski definition) is 1. The highest BCUT2D eigenvalue weighted by atomic mass is 79.9. The summed E-state index contributed by atoms with van der Waals surface area (Å²) >= 11 is 5.45. The maximum absolute atomic E-state index is 12.3. The number of nitrogens with zero attached hydrogens (tertiary/aromatic N) is 1. The van der Waals surface area contributed by atoms with Gasteiger partial charge in [-0.2, -0.15) is 13.2 Å². The van der Waals surface area contributed by atoms with E-state index >= 15 is 0 Å². The van der Waals surface area contributed by atoms with Crippen molar-refractivity contribution in [3.8, 4) is 0 Å². The van der Waals surface area contributed by atoms with Gasteiger partial charge < -0.3 is 5.32 Å². The summed E-state index contributed by atoms with van der Waals surface area (Å²) < 4.78 is 37.9. The predicted octanol–water partition coefficient (Wildman–Crippen LogP) is 4.60. The van der Waals surface area contributed by atoms with Crippen LogP contribution in [0.1, 0.15) is 9.75 Å². The molecule has 0 aliphatic carbocycles. The molecule has 2 rings (SSSR count). The Morgan fingerprint density at radius 1 is 1.41 bits per heavy atom. The summed E-state index contributed by atoms with van der Waals surface area (Å²) in [6, 6.07) is 1.91. The average Bonchev–Trinajstić information content (AvgIpc) is 2.82. The van der Waals surface area contributed by atoms with E-state index in [0.29, 0.717) is 17.9 Å². The Balaban J connectivity index is 1.98. The maximum atomic E-state index is 12.3. The molecule has 0 atom stereocenters. The minimum atomic E-state index is -4.32. The number of anilines is 1. The third-order valence-electron chi connectivity index (χ3n) is 1.82. The molecular weight excluding hydrogens is 337 g/mol. The van der Waals surface area contributed by atoms with E-state index in [-0.39, 0.29) is 5.13 Å². The Hall–Kier alpha value is -0.600. The van der Waals surface area contributed by atoms with Gasteiger partial charge >= 0.3 is 6.18 Å². The fraction of sp³-hybridized carbons (Fsp3) is 0.222. The Labute approximate surface area is 112 Å². The van der Waals surface area contributed by atoms with Crippen LogP contribution in [0.5, 0.6) is 0 Å². The molecule has 0 spiro atoms. The van der Waals surface area contributed by atoms with Crippen molar-refractivity contribution in [1.29, 1.82) is 0 Å². The van der Waals surface area contributed by atoms with E-state index in [1.807, 2.05) is 11.4 Å². The molecule has 0 unspecified atom stereocenters. The average molecular weight is 343 g/mol. The number of alkyl halides is 3. The number of aromatic nitrogens is 1. The van der Waals surface area contributed by atoms with Gasteiger partial charge in [-0.05, 0) is 22.0 Å². The first-order chi connectivity index (χ1) is 7.95. The number of rotatable bonds is 3. The van der Waals surface area contributed by atoms with Crippen molar-refractivity contribution in [1.82, 2.24) is 4.98 Å². The van der Waals surface area contributed by atoms with Crippen LogP contribution in [0.2, 0.25) is 0 Å². The zero-order valence-corrected chi connectivity index (χ0v) is 11.4. The molecular formula is C9H6BrF3N2S2. The molecule has 0 saturated heterocycles. The van der Waals surface area contributed by atoms with Crippen LogP contribution in [0, 0.1) is 0 Å². The molecule has 0 radical (unpaired) electrons. The van der Waals surface area contributed by atoms with Gasteiger partial charge in [-0.3, -0.25) is 0 Å². The molecule has 1 N–H and O–H groups in total. The predicted molar refractivity (Wildman–Crippen MR) is 66.5 cm³/mol. The topological polar surface area (TPSA) is 24.9 Å². The number of nitrogens with one attached hydrogen (secondary N) is 1. The number of hydrogen-bond acceptors (Lipinski definition) is 4. The van der Waals surface area contributed by atoms with Crippen molar-refractivity contribution >= 4 is 43.7 Å². The number of halogens is 4. The van der Waals surface area contributed by atoms with Gasteiger partial charge in [0.25, 0.3) is 0 Å². The van der Waals surface area contributed by atoms with Crippen LogP contribution in [-0.4, -0.2) is 4.98 Å². The monoisotopic (exact) mass is 342 g/mol. The first-order valence-corrected chi connectivity index (χ1v) is 6.94. The van der Waals surface area contributed by atoms with Crippen molar-refractivity contribution in [2.75, 3.05) is 5.32 Å². The fourth-order valence-corrected chi connectivity index (χ4v) is 3.17. The molecule has 2 nitrogen and oxygen atoms in total. The molecule has 8 heteroatoms. The fourth-order valence-electron chi connectivity index (χ4n) is 1.10. The third kappa shape index (κ3) is 3.43. The van der Waals surface area contributed by atoms with Crippen molar-refractivity contribution in [2.24, 2.45) is 0 Å². The smallest absolute Gasteiger partial charge is 0.357 e. The van der Waals surface area contributed by atoms with E-state index in [4.69, 9.17) is 0 Å². The lowest BCUT2D eigenvalue weighted by Crippen LogP contribution is -2.00. The van der Waals surface area contributed by atoms with Crippen LogP contribution in [0.15, 0.2) is 22.1 Å². The Morgan fingerprint density at radius 2 is 2.18 bits per heavy atom. The van der Waals surface area contributed by atoms with Crippen LogP contribution < -0.4 is 5.32 Å². The van der Waals surface area contributed by atoms with Crippen molar-refractivity contribution in [2.45, 2.75) is 12.7 Å². The third-order valence-corrected chi connectivity index (χ3v) is 4.52. The lowest BCUT2D eigenvalue weighted by molar-refractivity contribution is -0.134. The van der Waals surface area contributed by atoms with Gasteiger partial charge in [0.05, 0.1) is 12.7 Å². The van der Waals surface area contributed by atoms with Crippen LogP contribution in [0.4, 0.5) is 18.3 Å². The second-order valence-electron chi connectivity index (χ2n) is 3.11. The standard InChI is InChI=1S/C9H6BrF3N2S2/c10-5-1-6(16-4-5)2-14-8-15-3-7(17-8)9(11,12)13/h1,3-4H,2H2,(H,14,15). The zero-order valence-electron chi connectivity index (χ0n) is 8.21. The first kappa shape index (κ1) is 12.8. The van der Waals surface area contributed by atoms with Gasteiger partial charge in [-0.15, -0.1) is 11.3 Å². The van der Waals surface area contributed by atoms with Gasteiger partial charge in [-0.1, -0.05) is 11.3 Å². The number of thiazole rings is 1. The van der Waals surface area contributed by atoms with Gasteiger partial charge in [-0.25, -0.2) is 4.98 Å². The summed E-state index contributed by atoms with van der Waals surface area (Å²) in [6.45, 7) is 0.473. The van der Waals surface area contributed by atoms with Crippen molar-refractivity contribution in [3.05, 3.63) is 31.9 Å². The maximum Gasteiger partial charge on any atom is 0.427 e. The van der Waals surface area contributed by atoms with Gasteiger partial charge in [0.15, 0.2) is 5.13 Å². The van der Waals surface area contributed by atoms with Crippen LogP contribution in [-0.2, 0) is 12.7 Å². The van der Waals surface area contributed by atoms with Crippen LogP contribution in [0.3, 0.4) is 0 Å². The largest absolute Gasteiger partial charge is 0.427 e. The molecule has 0 bridgehead atoms. The van der Waals surface area contributed by atoms with Crippen LogP contribution in [0.25, 0.3) is 0 Å². The molecule has 0 fully saturated rings. The number of thiophene rings is 1. The van der Waals surface area contributed by atoms with E-state index in [1.165, 1.54) is 11.3 Å². The summed E-state index contributed by atoms with van der Waals surface area (Å²) in [6.07, 6.45) is -3.47. The van der Waals surface area contributed by atoms with E-state index in [1.54, 1.807) is 0 Å². The van der Waals surface area contributed by atoms with Crippen molar-refractivity contribution < 1.29 is 13.2 Å². The first-order valence-electron chi connectivity index (χ1n) is 4.45. The Bertz CT molecular complexity index is 506. The highest BCUT2D eigenvalue weighted by molar-refractivity contribution is 9.10. The van der Waals surface area contributed by atoms with Crippen LogP contribution >= 0.6 is 38.6 Å². The van der Waals surface area contributed by atoms with E-state index in [2.05, 4.69) is 26.2 Å². The lowest BCUT2D eigenvalue weighted by atomic mass is 10.5. The minimum absolute atomic E-state index is 0.279. The zero-order chi connectivity index (χ0) is 12.5. The normalized spacial score (nSPS) is 11.8. The Morgan fingerprint density at radius 3 is 2.71 bits per heavy atom. The van der Waals surface area contributed by atoms with E-state index in [0.717, 1.165) is 15.5 Å². The highest BCUT2D eigenvalue weighted by Crippen LogP contribution is 2.35. The Kier molecular flexibility index (Phi) is 3.74. The molecule has 2 heterocycles. The molecule has 0 aromatic carbocycles. The molecule has 0 aliphatic rings. The summed E-state index contributed by atoms with van der Waals surface area (Å²) in [4.78, 5) is 4.03.